The fraction of sp³-hybridized carbons (Fsp3) is 0.462. The zero-order valence-electron chi connectivity index (χ0n) is 11.7. The van der Waals surface area contributed by atoms with E-state index in [-0.39, 0.29) is 22.1 Å². The van der Waals surface area contributed by atoms with Crippen molar-refractivity contribution in [2.45, 2.75) is 11.3 Å². The van der Waals surface area contributed by atoms with Gasteiger partial charge in [0, 0.05) is 13.1 Å². The van der Waals surface area contributed by atoms with Crippen LogP contribution in [0.2, 0.25) is 0 Å². The van der Waals surface area contributed by atoms with Crippen LogP contribution in [-0.2, 0) is 10.0 Å². The van der Waals surface area contributed by atoms with Crippen LogP contribution in [-0.4, -0.2) is 50.5 Å². The minimum atomic E-state index is -3.71. The molecule has 8 heteroatoms. The van der Waals surface area contributed by atoms with Gasteiger partial charge < -0.3 is 15.6 Å². The van der Waals surface area contributed by atoms with Gasteiger partial charge in [0.1, 0.15) is 10.6 Å². The summed E-state index contributed by atoms with van der Waals surface area (Å²) in [5, 5.41) is 8.95. The van der Waals surface area contributed by atoms with Crippen molar-refractivity contribution < 1.29 is 23.1 Å². The van der Waals surface area contributed by atoms with Crippen molar-refractivity contribution in [3.63, 3.8) is 0 Å². The monoisotopic (exact) mass is 314 g/mol. The van der Waals surface area contributed by atoms with Gasteiger partial charge in [-0.25, -0.2) is 13.2 Å². The molecule has 0 bridgehead atoms. The van der Waals surface area contributed by atoms with E-state index in [0.717, 1.165) is 6.42 Å². The number of aromatic carboxylic acids is 1. The van der Waals surface area contributed by atoms with E-state index in [9.17, 15) is 13.2 Å². The highest BCUT2D eigenvalue weighted by atomic mass is 32.2. The van der Waals surface area contributed by atoms with Gasteiger partial charge in [0.05, 0.1) is 12.7 Å². The number of carbonyl (C=O) groups is 1. The maximum Gasteiger partial charge on any atom is 0.335 e. The predicted molar refractivity (Wildman–Crippen MR) is 75.9 cm³/mol. The molecule has 1 aliphatic rings. The quantitative estimate of drug-likeness (QED) is 0.812. The normalized spacial score (nSPS) is 19.6. The zero-order chi connectivity index (χ0) is 15.6. The molecule has 0 aliphatic carbocycles. The summed E-state index contributed by atoms with van der Waals surface area (Å²) in [6.07, 6.45) is 0.727. The molecule has 0 amide bonds. The average Bonchev–Trinajstić information content (AvgIpc) is 2.96. The number of carboxylic acids is 1. The molecule has 0 radical (unpaired) electrons. The summed E-state index contributed by atoms with van der Waals surface area (Å²) in [5.74, 6) is -0.947. The number of nitrogens with two attached hydrogens (primary N) is 1. The van der Waals surface area contributed by atoms with Crippen molar-refractivity contribution in [2.24, 2.45) is 11.7 Å². The standard InChI is InChI=1S/C13H18N2O5S/c1-20-11-6-10(13(16)17)2-3-12(11)21(18,19)15-5-4-9(7-14)8-15/h2-3,6,9H,4-5,7-8,14H2,1H3,(H,16,17). The first kappa shape index (κ1) is 15.7. The Morgan fingerprint density at radius 1 is 1.52 bits per heavy atom. The summed E-state index contributed by atoms with van der Waals surface area (Å²) in [4.78, 5) is 10.9. The lowest BCUT2D eigenvalue weighted by Gasteiger charge is -2.18. The van der Waals surface area contributed by atoms with E-state index in [0.29, 0.717) is 19.6 Å². The lowest BCUT2D eigenvalue weighted by molar-refractivity contribution is 0.0696. The Morgan fingerprint density at radius 2 is 2.24 bits per heavy atom. The number of nitrogens with zero attached hydrogens (tertiary/aromatic N) is 1. The SMILES string of the molecule is COc1cc(C(=O)O)ccc1S(=O)(=O)N1CCC(CN)C1. The van der Waals surface area contributed by atoms with Gasteiger partial charge in [-0.1, -0.05) is 0 Å². The molecular weight excluding hydrogens is 296 g/mol. The molecule has 1 aromatic carbocycles. The Kier molecular flexibility index (Phi) is 4.50. The van der Waals surface area contributed by atoms with Crippen molar-refractivity contribution in [1.29, 1.82) is 0 Å². The Balaban J connectivity index is 2.38. The largest absolute Gasteiger partial charge is 0.495 e. The van der Waals surface area contributed by atoms with Crippen molar-refractivity contribution in [2.75, 3.05) is 26.7 Å². The van der Waals surface area contributed by atoms with E-state index in [1.807, 2.05) is 0 Å². The highest BCUT2D eigenvalue weighted by Crippen LogP contribution is 2.30. The number of ether oxygens (including phenoxy) is 1. The Hall–Kier alpha value is -1.64. The summed E-state index contributed by atoms with van der Waals surface area (Å²) in [6, 6.07) is 3.74. The second kappa shape index (κ2) is 6.00. The minimum Gasteiger partial charge on any atom is -0.495 e. The molecular formula is C13H18N2O5S. The van der Waals surface area contributed by atoms with Gasteiger partial charge >= 0.3 is 5.97 Å². The van der Waals surface area contributed by atoms with E-state index in [2.05, 4.69) is 0 Å². The molecule has 0 spiro atoms. The van der Waals surface area contributed by atoms with Crippen LogP contribution in [0.5, 0.6) is 5.75 Å². The first-order valence-corrected chi connectivity index (χ1v) is 7.95. The van der Waals surface area contributed by atoms with Crippen molar-refractivity contribution in [1.82, 2.24) is 4.31 Å². The van der Waals surface area contributed by atoms with Crippen LogP contribution in [0, 0.1) is 5.92 Å². The lowest BCUT2D eigenvalue weighted by atomic mass is 10.1. The van der Waals surface area contributed by atoms with Crippen LogP contribution in [0.25, 0.3) is 0 Å². The number of rotatable bonds is 5. The first-order valence-electron chi connectivity index (χ1n) is 6.51. The van der Waals surface area contributed by atoms with Gasteiger partial charge in [-0.2, -0.15) is 4.31 Å². The smallest absolute Gasteiger partial charge is 0.335 e. The predicted octanol–water partition coefficient (Wildman–Crippen LogP) is 0.363. The molecule has 3 N–H and O–H groups in total. The number of hydrogen-bond acceptors (Lipinski definition) is 5. The van der Waals surface area contributed by atoms with Crippen LogP contribution >= 0.6 is 0 Å². The van der Waals surface area contributed by atoms with Crippen LogP contribution in [0.15, 0.2) is 23.1 Å². The third-order valence-corrected chi connectivity index (χ3v) is 5.51. The molecule has 1 unspecified atom stereocenters. The number of hydrogen-bond donors (Lipinski definition) is 2. The summed E-state index contributed by atoms with van der Waals surface area (Å²) in [7, 11) is -2.39. The fourth-order valence-corrected chi connectivity index (χ4v) is 4.03. The lowest BCUT2D eigenvalue weighted by Crippen LogP contribution is -2.30. The third-order valence-electron chi connectivity index (χ3n) is 3.61. The average molecular weight is 314 g/mol. The molecule has 116 valence electrons. The maximum atomic E-state index is 12.6. The van der Waals surface area contributed by atoms with Crippen LogP contribution in [0.3, 0.4) is 0 Å². The molecule has 1 aromatic rings. The molecule has 2 rings (SSSR count). The molecule has 21 heavy (non-hydrogen) atoms. The highest BCUT2D eigenvalue weighted by molar-refractivity contribution is 7.89. The van der Waals surface area contributed by atoms with E-state index >= 15 is 0 Å². The van der Waals surface area contributed by atoms with E-state index in [4.69, 9.17) is 15.6 Å². The fourth-order valence-electron chi connectivity index (χ4n) is 2.36. The van der Waals surface area contributed by atoms with Crippen molar-refractivity contribution >= 4 is 16.0 Å². The van der Waals surface area contributed by atoms with Crippen LogP contribution < -0.4 is 10.5 Å². The Morgan fingerprint density at radius 3 is 2.76 bits per heavy atom. The minimum absolute atomic E-state index is 0.0207. The second-order valence-electron chi connectivity index (χ2n) is 4.92. The second-order valence-corrected chi connectivity index (χ2v) is 6.83. The van der Waals surface area contributed by atoms with Gasteiger partial charge in [0.15, 0.2) is 0 Å². The molecule has 0 aromatic heterocycles. The van der Waals surface area contributed by atoms with Crippen LogP contribution in [0.1, 0.15) is 16.8 Å². The van der Waals surface area contributed by atoms with Gasteiger partial charge in [-0.15, -0.1) is 0 Å². The topological polar surface area (TPSA) is 110 Å². The van der Waals surface area contributed by atoms with E-state index in [1.54, 1.807) is 0 Å². The number of methoxy groups -OCH3 is 1. The number of carboxylic acid groups (broad SMARTS) is 1. The first-order chi connectivity index (χ1) is 9.90. The molecule has 1 fully saturated rings. The van der Waals surface area contributed by atoms with Gasteiger partial charge in [-0.05, 0) is 37.1 Å². The molecule has 1 atom stereocenters. The summed E-state index contributed by atoms with van der Waals surface area (Å²) < 4.78 is 31.6. The molecule has 0 saturated carbocycles. The molecule has 1 saturated heterocycles. The van der Waals surface area contributed by atoms with Crippen LogP contribution in [0.4, 0.5) is 0 Å². The van der Waals surface area contributed by atoms with E-state index in [1.165, 1.54) is 29.6 Å². The zero-order valence-corrected chi connectivity index (χ0v) is 12.5. The summed E-state index contributed by atoms with van der Waals surface area (Å²) >= 11 is 0. The van der Waals surface area contributed by atoms with Crippen molar-refractivity contribution in [3.8, 4) is 5.75 Å². The van der Waals surface area contributed by atoms with Crippen molar-refractivity contribution in [3.05, 3.63) is 23.8 Å². The van der Waals surface area contributed by atoms with E-state index < -0.39 is 16.0 Å². The Labute approximate surface area is 123 Å². The van der Waals surface area contributed by atoms with Gasteiger partial charge in [-0.3, -0.25) is 0 Å². The van der Waals surface area contributed by atoms with Gasteiger partial charge in [0.2, 0.25) is 10.0 Å². The number of benzene rings is 1. The van der Waals surface area contributed by atoms with Gasteiger partial charge in [0.25, 0.3) is 0 Å². The Bertz CT molecular complexity index is 644. The summed E-state index contributed by atoms with van der Waals surface area (Å²) in [6.45, 7) is 1.23. The molecule has 1 heterocycles. The molecule has 7 nitrogen and oxygen atoms in total. The maximum absolute atomic E-state index is 12.6. The summed E-state index contributed by atoms with van der Waals surface area (Å²) in [5.41, 5.74) is 5.55. The molecule has 1 aliphatic heterocycles. The third kappa shape index (κ3) is 3.02. The highest BCUT2D eigenvalue weighted by Gasteiger charge is 2.33. The number of sulfonamides is 1.